The smallest absolute Gasteiger partial charge is 0.412 e. The number of anilines is 1. The Bertz CT molecular complexity index is 943. The van der Waals surface area contributed by atoms with Gasteiger partial charge < -0.3 is 9.47 Å². The summed E-state index contributed by atoms with van der Waals surface area (Å²) in [5, 5.41) is 2.74. The third-order valence-electron chi connectivity index (χ3n) is 4.42. The van der Waals surface area contributed by atoms with Crippen molar-refractivity contribution in [1.82, 2.24) is 0 Å². The van der Waals surface area contributed by atoms with Gasteiger partial charge >= 0.3 is 6.09 Å². The van der Waals surface area contributed by atoms with Gasteiger partial charge in [-0.2, -0.15) is 0 Å². The molecule has 1 aliphatic rings. The summed E-state index contributed by atoms with van der Waals surface area (Å²) in [5.74, 6) is 0.553. The fourth-order valence-electron chi connectivity index (χ4n) is 3.07. The zero-order valence-corrected chi connectivity index (χ0v) is 15.2. The Morgan fingerprint density at radius 2 is 1.50 bits per heavy atom. The van der Waals surface area contributed by atoms with Crippen LogP contribution in [0.3, 0.4) is 0 Å². The van der Waals surface area contributed by atoms with Gasteiger partial charge in [-0.3, -0.25) is 5.32 Å². The summed E-state index contributed by atoms with van der Waals surface area (Å²) in [4.78, 5) is 16.9. The van der Waals surface area contributed by atoms with Crippen LogP contribution in [-0.4, -0.2) is 24.6 Å². The highest BCUT2D eigenvalue weighted by molar-refractivity contribution is 5.94. The normalized spacial score (nSPS) is 18.5. The first-order chi connectivity index (χ1) is 13.8. The predicted octanol–water partition coefficient (Wildman–Crippen LogP) is 4.82. The van der Waals surface area contributed by atoms with Gasteiger partial charge in [-0.25, -0.2) is 9.79 Å². The molecule has 0 fully saturated rings. The summed E-state index contributed by atoms with van der Waals surface area (Å²) >= 11 is 0. The topological polar surface area (TPSA) is 59.9 Å². The van der Waals surface area contributed by atoms with E-state index in [1.807, 2.05) is 78.9 Å². The number of carbonyl (C=O) groups is 1. The summed E-state index contributed by atoms with van der Waals surface area (Å²) in [5.41, 5.74) is 2.51. The van der Waals surface area contributed by atoms with E-state index in [4.69, 9.17) is 9.47 Å². The van der Waals surface area contributed by atoms with Crippen molar-refractivity contribution >= 4 is 17.7 Å². The molecule has 3 aromatic carbocycles. The maximum Gasteiger partial charge on any atom is 0.412 e. The lowest BCUT2D eigenvalue weighted by Crippen LogP contribution is -2.37. The van der Waals surface area contributed by atoms with Gasteiger partial charge in [0.25, 0.3) is 0 Å². The molecule has 1 heterocycles. The molecule has 0 bridgehead atoms. The van der Waals surface area contributed by atoms with Crippen LogP contribution in [-0.2, 0) is 9.47 Å². The average molecular weight is 372 g/mol. The van der Waals surface area contributed by atoms with Crippen LogP contribution in [0.2, 0.25) is 0 Å². The van der Waals surface area contributed by atoms with Gasteiger partial charge in [0.2, 0.25) is 5.90 Å². The molecule has 5 nitrogen and oxygen atoms in total. The molecule has 1 aliphatic heterocycles. The molecule has 5 heteroatoms. The second kappa shape index (κ2) is 8.39. The van der Waals surface area contributed by atoms with Crippen LogP contribution in [0.25, 0.3) is 0 Å². The Morgan fingerprint density at radius 3 is 2.18 bits per heavy atom. The Morgan fingerprint density at radius 1 is 0.893 bits per heavy atom. The number of benzene rings is 3. The van der Waals surface area contributed by atoms with Crippen molar-refractivity contribution < 1.29 is 14.3 Å². The number of hydrogen-bond acceptors (Lipinski definition) is 4. The van der Waals surface area contributed by atoms with Gasteiger partial charge in [0.05, 0.1) is 6.54 Å². The molecule has 0 saturated heterocycles. The first kappa shape index (κ1) is 17.8. The highest BCUT2D eigenvalue weighted by Gasteiger charge is 2.33. The zero-order chi connectivity index (χ0) is 19.2. The van der Waals surface area contributed by atoms with E-state index in [0.717, 1.165) is 11.1 Å². The van der Waals surface area contributed by atoms with Gasteiger partial charge in [-0.15, -0.1) is 0 Å². The minimum atomic E-state index is -0.529. The second-order valence-electron chi connectivity index (χ2n) is 6.40. The van der Waals surface area contributed by atoms with Crippen molar-refractivity contribution in [2.45, 2.75) is 12.2 Å². The van der Waals surface area contributed by atoms with Crippen LogP contribution in [0, 0.1) is 0 Å². The van der Waals surface area contributed by atoms with E-state index in [-0.39, 0.29) is 0 Å². The lowest BCUT2D eigenvalue weighted by atomic mass is 10.0. The lowest BCUT2D eigenvalue weighted by molar-refractivity contribution is 0.00996. The van der Waals surface area contributed by atoms with Crippen LogP contribution in [0.4, 0.5) is 10.5 Å². The predicted molar refractivity (Wildman–Crippen MR) is 108 cm³/mol. The molecule has 1 N–H and O–H groups in total. The maximum atomic E-state index is 12.4. The maximum absolute atomic E-state index is 12.4. The van der Waals surface area contributed by atoms with Crippen molar-refractivity contribution in [2.75, 3.05) is 11.9 Å². The number of amides is 1. The second-order valence-corrected chi connectivity index (χ2v) is 6.40. The molecular weight excluding hydrogens is 352 g/mol. The zero-order valence-electron chi connectivity index (χ0n) is 15.2. The van der Waals surface area contributed by atoms with E-state index in [0.29, 0.717) is 18.1 Å². The monoisotopic (exact) mass is 372 g/mol. The average Bonchev–Trinajstić information content (AvgIpc) is 2.76. The van der Waals surface area contributed by atoms with Gasteiger partial charge in [0.1, 0.15) is 0 Å². The molecule has 4 rings (SSSR count). The molecule has 0 aliphatic carbocycles. The summed E-state index contributed by atoms with van der Waals surface area (Å²) in [7, 11) is 0. The highest BCUT2D eigenvalue weighted by Crippen LogP contribution is 2.29. The van der Waals surface area contributed by atoms with E-state index in [9.17, 15) is 4.79 Å². The Hall–Kier alpha value is -3.60. The van der Waals surface area contributed by atoms with E-state index in [1.165, 1.54) is 0 Å². The van der Waals surface area contributed by atoms with Crippen molar-refractivity contribution in [1.29, 1.82) is 0 Å². The minimum absolute atomic E-state index is 0.325. The fraction of sp³-hybridized carbons (Fsp3) is 0.130. The van der Waals surface area contributed by atoms with Crippen molar-refractivity contribution in [3.63, 3.8) is 0 Å². The highest BCUT2D eigenvalue weighted by atomic mass is 16.6. The SMILES string of the molecule is O=C(Nc1ccccc1)OC1CN=C(c2ccccc2)OC1c1ccccc1. The number of hydrogen-bond donors (Lipinski definition) is 1. The molecule has 2 atom stereocenters. The molecule has 140 valence electrons. The number of aliphatic imine (C=N–C) groups is 1. The third kappa shape index (κ3) is 4.20. The van der Waals surface area contributed by atoms with Crippen molar-refractivity contribution in [3.8, 4) is 0 Å². The molecule has 0 saturated carbocycles. The van der Waals surface area contributed by atoms with E-state index in [2.05, 4.69) is 10.3 Å². The van der Waals surface area contributed by atoms with Crippen LogP contribution < -0.4 is 5.32 Å². The minimum Gasteiger partial charge on any atom is -0.465 e. The van der Waals surface area contributed by atoms with Gasteiger partial charge in [0.15, 0.2) is 12.2 Å². The lowest BCUT2D eigenvalue weighted by Gasteiger charge is -2.31. The fourth-order valence-corrected chi connectivity index (χ4v) is 3.07. The summed E-state index contributed by atoms with van der Waals surface area (Å²) in [6.45, 7) is 0.325. The molecule has 0 radical (unpaired) electrons. The molecule has 0 spiro atoms. The van der Waals surface area contributed by atoms with E-state index < -0.39 is 18.3 Å². The molecule has 28 heavy (non-hydrogen) atoms. The first-order valence-corrected chi connectivity index (χ1v) is 9.14. The number of carbonyl (C=O) groups excluding carboxylic acids is 1. The van der Waals surface area contributed by atoms with Gasteiger partial charge in [0, 0.05) is 11.3 Å². The Balaban J connectivity index is 1.54. The molecule has 1 amide bonds. The Kier molecular flexibility index (Phi) is 5.33. The van der Waals surface area contributed by atoms with Gasteiger partial charge in [-0.1, -0.05) is 66.7 Å². The van der Waals surface area contributed by atoms with Crippen molar-refractivity contribution in [2.24, 2.45) is 4.99 Å². The van der Waals surface area contributed by atoms with Crippen LogP contribution in [0.5, 0.6) is 0 Å². The number of rotatable bonds is 4. The van der Waals surface area contributed by atoms with Crippen LogP contribution in [0.1, 0.15) is 17.2 Å². The molecular formula is C23H20N2O3. The molecule has 0 aromatic heterocycles. The van der Waals surface area contributed by atoms with Gasteiger partial charge in [-0.05, 0) is 29.8 Å². The van der Waals surface area contributed by atoms with Crippen molar-refractivity contribution in [3.05, 3.63) is 102 Å². The first-order valence-electron chi connectivity index (χ1n) is 9.14. The number of nitrogens with zero attached hydrogens (tertiary/aromatic N) is 1. The number of para-hydroxylation sites is 1. The standard InChI is InChI=1S/C23H20N2O3/c26-23(25-19-14-8-3-9-15-19)27-20-16-24-22(18-12-6-2-7-13-18)28-21(20)17-10-4-1-5-11-17/h1-15,20-21H,16H2,(H,25,26). The summed E-state index contributed by atoms with van der Waals surface area (Å²) in [6.07, 6.45) is -1.49. The quantitative estimate of drug-likeness (QED) is 0.714. The van der Waals surface area contributed by atoms with Crippen LogP contribution in [0.15, 0.2) is 96.0 Å². The van der Waals surface area contributed by atoms with E-state index >= 15 is 0 Å². The third-order valence-corrected chi connectivity index (χ3v) is 4.42. The molecule has 3 aromatic rings. The number of nitrogens with one attached hydrogen (secondary N) is 1. The largest absolute Gasteiger partial charge is 0.465 e. The van der Waals surface area contributed by atoms with Crippen LogP contribution >= 0.6 is 0 Å². The Labute approximate surface area is 163 Å². The summed E-state index contributed by atoms with van der Waals surface area (Å²) in [6, 6.07) is 28.7. The molecule has 2 unspecified atom stereocenters. The summed E-state index contributed by atoms with van der Waals surface area (Å²) < 4.78 is 11.8. The van der Waals surface area contributed by atoms with E-state index in [1.54, 1.807) is 12.1 Å². The number of ether oxygens (including phenoxy) is 2.